The van der Waals surface area contributed by atoms with Gasteiger partial charge in [-0.25, -0.2) is 0 Å². The topological polar surface area (TPSA) is 174 Å². The van der Waals surface area contributed by atoms with Crippen LogP contribution in [0.2, 0.25) is 0 Å². The predicted molar refractivity (Wildman–Crippen MR) is 204 cm³/mol. The Hall–Kier alpha value is -7.38. The van der Waals surface area contributed by atoms with Crippen LogP contribution >= 0.6 is 22.7 Å². The van der Waals surface area contributed by atoms with Crippen LogP contribution in [0.5, 0.6) is 23.0 Å². The fraction of sp³-hybridized carbons (Fsp3) is 0.150. The quantitative estimate of drug-likeness (QED) is 0.133. The van der Waals surface area contributed by atoms with E-state index in [1.165, 1.54) is 48.5 Å². The average molecular weight is 901 g/mol. The molecule has 0 amide bonds. The minimum atomic E-state index is -4.72. The molecule has 320 valence electrons. The van der Waals surface area contributed by atoms with Gasteiger partial charge in [0.2, 0.25) is 11.8 Å². The zero-order valence-corrected chi connectivity index (χ0v) is 32.7. The van der Waals surface area contributed by atoms with E-state index in [1.807, 2.05) is 47.2 Å². The van der Waals surface area contributed by atoms with Crippen molar-refractivity contribution in [2.45, 2.75) is 37.8 Å². The summed E-state index contributed by atoms with van der Waals surface area (Å²) in [5, 5.41) is 11.8. The monoisotopic (exact) mass is 900 g/mol. The summed E-state index contributed by atoms with van der Waals surface area (Å²) in [5.74, 6) is 1.21. The highest BCUT2D eigenvalue weighted by atomic mass is 32.1. The van der Waals surface area contributed by atoms with E-state index < -0.39 is 24.9 Å². The maximum Gasteiger partial charge on any atom is 0.573 e. The number of nitrogens with zero attached hydrogens (tertiary/aromatic N) is 4. The fourth-order valence-corrected chi connectivity index (χ4v) is 6.66. The molecule has 2 aliphatic rings. The van der Waals surface area contributed by atoms with Crippen LogP contribution in [0.15, 0.2) is 131 Å². The third-order valence-electron chi connectivity index (χ3n) is 7.75. The van der Waals surface area contributed by atoms with Crippen molar-refractivity contribution < 1.29 is 74.1 Å². The lowest BCUT2D eigenvalue weighted by atomic mass is 10.1. The van der Waals surface area contributed by atoms with Crippen molar-refractivity contribution >= 4 is 46.8 Å². The lowest BCUT2D eigenvalue weighted by Crippen LogP contribution is -2.17. The molecule has 0 unspecified atom stereocenters. The Morgan fingerprint density at radius 2 is 0.887 bits per heavy atom. The normalized spacial score (nSPS) is 15.1. The van der Waals surface area contributed by atoms with Crippen LogP contribution in [-0.2, 0) is 28.9 Å². The summed E-state index contributed by atoms with van der Waals surface area (Å²) < 4.78 is 92.4. The van der Waals surface area contributed by atoms with Gasteiger partial charge in [-0.1, -0.05) is 46.7 Å². The molecule has 0 saturated heterocycles. The standard InChI is InChI=1S/2C19H13F3N2O3S.2CO2/c2*20-19(21,22)26-13-5-3-12(4-6-13)16-10-18(24-27-16)25-14-7-8-15(23-11-14)17-2-1-9-28-17;2*2-1-3/h2*1-9,11,16H,10H2;;/t2*16-;;/m10../s1. The SMILES string of the molecule is FC(F)(F)Oc1ccc([C@@H]2CC(Oc3ccc(-c4cccs4)nc3)=NO2)cc1.FC(F)(F)Oc1ccc([C@H]2CC(Oc3ccc(-c4cccs4)nc3)=NO2)cc1.O=C=O.O=C=O. The number of rotatable bonds is 8. The number of benzene rings is 2. The molecule has 6 heterocycles. The van der Waals surface area contributed by atoms with E-state index in [2.05, 4.69) is 29.8 Å². The van der Waals surface area contributed by atoms with Crippen LogP contribution in [-0.4, -0.2) is 46.8 Å². The highest BCUT2D eigenvalue weighted by molar-refractivity contribution is 7.13. The van der Waals surface area contributed by atoms with Crippen LogP contribution in [0.1, 0.15) is 36.2 Å². The highest BCUT2D eigenvalue weighted by Crippen LogP contribution is 2.33. The van der Waals surface area contributed by atoms with E-state index in [0.717, 1.165) is 21.1 Å². The van der Waals surface area contributed by atoms with Gasteiger partial charge in [-0.3, -0.25) is 9.97 Å². The molecule has 6 aromatic rings. The zero-order chi connectivity index (χ0) is 44.5. The third kappa shape index (κ3) is 14.4. The maximum absolute atomic E-state index is 12.2. The summed E-state index contributed by atoms with van der Waals surface area (Å²) in [7, 11) is 0. The van der Waals surface area contributed by atoms with Gasteiger partial charge in [0.15, 0.2) is 12.2 Å². The van der Waals surface area contributed by atoms with Crippen molar-refractivity contribution in [3.8, 4) is 44.1 Å². The Balaban J connectivity index is 0.000000208. The number of hydrogen-bond donors (Lipinski definition) is 0. The van der Waals surface area contributed by atoms with Crippen LogP contribution in [0, 0.1) is 0 Å². The summed E-state index contributed by atoms with van der Waals surface area (Å²) in [4.78, 5) is 54.0. The lowest BCUT2D eigenvalue weighted by Gasteiger charge is -2.11. The molecule has 0 N–H and O–H groups in total. The molecule has 2 aromatic carbocycles. The molecular formula is C40H26F6N4O10S2. The Kier molecular flexibility index (Phi) is 16.0. The molecule has 4 aromatic heterocycles. The van der Waals surface area contributed by atoms with Crippen molar-refractivity contribution in [3.63, 3.8) is 0 Å². The second kappa shape index (κ2) is 21.7. The van der Waals surface area contributed by atoms with Gasteiger partial charge in [-0.15, -0.1) is 49.0 Å². The minimum Gasteiger partial charge on any atom is -0.438 e. The first-order valence-corrected chi connectivity index (χ1v) is 19.0. The van der Waals surface area contributed by atoms with Crippen molar-refractivity contribution in [1.82, 2.24) is 9.97 Å². The number of oxime groups is 2. The maximum atomic E-state index is 12.2. The summed E-state index contributed by atoms with van der Waals surface area (Å²) in [6.07, 6.45) is -5.90. The van der Waals surface area contributed by atoms with Crippen LogP contribution in [0.3, 0.4) is 0 Å². The second-order valence-corrected chi connectivity index (χ2v) is 13.8. The Bertz CT molecular complexity index is 2270. The number of pyridine rings is 2. The Morgan fingerprint density at radius 1 is 0.532 bits per heavy atom. The average Bonchev–Trinajstić information content (AvgIpc) is 4.09. The molecule has 0 saturated carbocycles. The van der Waals surface area contributed by atoms with Crippen molar-refractivity contribution in [2.75, 3.05) is 0 Å². The summed E-state index contributed by atoms with van der Waals surface area (Å²) in [5.41, 5.74) is 3.04. The van der Waals surface area contributed by atoms with E-state index >= 15 is 0 Å². The molecule has 62 heavy (non-hydrogen) atoms. The number of thiophene rings is 2. The molecule has 0 aliphatic carbocycles. The van der Waals surface area contributed by atoms with Crippen LogP contribution in [0.25, 0.3) is 21.1 Å². The minimum absolute atomic E-state index is 0.250. The van der Waals surface area contributed by atoms with E-state index in [9.17, 15) is 26.3 Å². The molecule has 2 atom stereocenters. The van der Waals surface area contributed by atoms with Crippen LogP contribution in [0.4, 0.5) is 26.3 Å². The molecular weight excluding hydrogens is 875 g/mol. The zero-order valence-electron chi connectivity index (χ0n) is 31.1. The molecule has 14 nitrogen and oxygen atoms in total. The van der Waals surface area contributed by atoms with E-state index in [-0.39, 0.29) is 23.8 Å². The van der Waals surface area contributed by atoms with Gasteiger partial charge in [0.1, 0.15) is 23.0 Å². The molecule has 0 fully saturated rings. The first-order valence-electron chi connectivity index (χ1n) is 17.3. The molecule has 0 radical (unpaired) electrons. The Labute approximate surface area is 353 Å². The molecule has 22 heteroatoms. The van der Waals surface area contributed by atoms with Gasteiger partial charge in [0, 0.05) is 0 Å². The van der Waals surface area contributed by atoms with Gasteiger partial charge in [0.25, 0.3) is 0 Å². The van der Waals surface area contributed by atoms with E-state index in [1.54, 1.807) is 47.2 Å². The second-order valence-electron chi connectivity index (χ2n) is 11.9. The lowest BCUT2D eigenvalue weighted by molar-refractivity contribution is -0.275. The van der Waals surface area contributed by atoms with E-state index in [0.29, 0.717) is 47.3 Å². The van der Waals surface area contributed by atoms with Gasteiger partial charge in [-0.05, 0) is 82.6 Å². The smallest absolute Gasteiger partial charge is 0.438 e. The third-order valence-corrected chi connectivity index (χ3v) is 9.53. The largest absolute Gasteiger partial charge is 0.573 e. The number of hydrogen-bond acceptors (Lipinski definition) is 16. The number of aromatic nitrogens is 2. The molecule has 8 rings (SSSR count). The van der Waals surface area contributed by atoms with Gasteiger partial charge < -0.3 is 28.6 Å². The van der Waals surface area contributed by atoms with Crippen molar-refractivity contribution in [3.05, 3.63) is 131 Å². The first-order chi connectivity index (χ1) is 29.7. The predicted octanol–water partition coefficient (Wildman–Crippen LogP) is 9.96. The van der Waals surface area contributed by atoms with Crippen LogP contribution < -0.4 is 18.9 Å². The number of alkyl halides is 6. The Morgan fingerprint density at radius 3 is 1.18 bits per heavy atom. The highest BCUT2D eigenvalue weighted by Gasteiger charge is 2.32. The molecule has 0 spiro atoms. The van der Waals surface area contributed by atoms with Gasteiger partial charge >= 0.3 is 25.0 Å². The number of halogens is 6. The molecule has 0 bridgehead atoms. The summed E-state index contributed by atoms with van der Waals surface area (Å²) in [6.45, 7) is 0. The van der Waals surface area contributed by atoms with Crippen molar-refractivity contribution in [1.29, 1.82) is 0 Å². The number of ether oxygens (including phenoxy) is 4. The fourth-order valence-electron chi connectivity index (χ4n) is 5.25. The van der Waals surface area contributed by atoms with E-state index in [4.69, 9.17) is 38.3 Å². The molecule has 2 aliphatic heterocycles. The first kappa shape index (κ1) is 45.7. The van der Waals surface area contributed by atoms with Crippen molar-refractivity contribution in [2.24, 2.45) is 10.3 Å². The summed E-state index contributed by atoms with van der Waals surface area (Å²) in [6, 6.07) is 26.1. The summed E-state index contributed by atoms with van der Waals surface area (Å²) >= 11 is 3.20. The number of carbonyl (C=O) groups excluding carboxylic acids is 4. The van der Waals surface area contributed by atoms with Gasteiger partial charge in [-0.2, -0.15) is 19.2 Å². The van der Waals surface area contributed by atoms with Gasteiger partial charge in [0.05, 0.1) is 46.4 Å².